The van der Waals surface area contributed by atoms with E-state index in [9.17, 15) is 14.9 Å². The van der Waals surface area contributed by atoms with Crippen molar-refractivity contribution in [1.82, 2.24) is 0 Å². The van der Waals surface area contributed by atoms with Crippen LogP contribution in [-0.4, -0.2) is 11.9 Å². The molecule has 0 aliphatic rings. The molecule has 1 amide bonds. The molecule has 1 N–H and O–H groups in total. The lowest BCUT2D eigenvalue weighted by atomic mass is 10.1. The first-order valence-electron chi connectivity index (χ1n) is 8.72. The molecule has 0 heterocycles. The van der Waals surface area contributed by atoms with Gasteiger partial charge in [-0.2, -0.15) is 5.26 Å². The summed E-state index contributed by atoms with van der Waals surface area (Å²) < 4.78 is 6.18. The second kappa shape index (κ2) is 9.88. The molecule has 0 aliphatic heterocycles. The molecule has 0 spiro atoms. The second-order valence-electron chi connectivity index (χ2n) is 6.07. The van der Waals surface area contributed by atoms with Crippen LogP contribution in [0.25, 0.3) is 6.08 Å². The molecule has 0 fully saturated rings. The minimum absolute atomic E-state index is 0.162. The number of carbonyl (C=O) groups excluding carboxylic acids is 2. The highest BCUT2D eigenvalue weighted by Gasteiger charge is 2.15. The predicted octanol–water partition coefficient (Wildman–Crippen LogP) is 5.87. The molecule has 7 heteroatoms. The number of amides is 1. The monoisotopic (exact) mass is 480 g/mol. The van der Waals surface area contributed by atoms with E-state index in [4.69, 9.17) is 16.3 Å². The largest absolute Gasteiger partial charge is 0.422 e. The topological polar surface area (TPSA) is 79.2 Å². The van der Waals surface area contributed by atoms with Crippen LogP contribution in [0.1, 0.15) is 15.9 Å². The Hall–Kier alpha value is -3.40. The molecule has 0 aromatic heterocycles. The van der Waals surface area contributed by atoms with Gasteiger partial charge in [0.25, 0.3) is 5.91 Å². The standard InChI is InChI=1S/C23H14BrClN2O3/c24-18-9-10-21(30-23(29)15-5-2-1-3-6-15)16(12-18)11-17(14-26)22(28)27-20-8-4-7-19(25)13-20/h1-13H,(H,27,28)/b17-11+. The first-order valence-corrected chi connectivity index (χ1v) is 9.89. The number of hydrogen-bond donors (Lipinski definition) is 1. The number of ether oxygens (including phenoxy) is 1. The molecule has 0 unspecified atom stereocenters. The molecule has 0 bridgehead atoms. The SMILES string of the molecule is N#C/C(=C\c1cc(Br)ccc1OC(=O)c1ccccc1)C(=O)Nc1cccc(Cl)c1. The third kappa shape index (κ3) is 5.57. The molecule has 0 saturated heterocycles. The van der Waals surface area contributed by atoms with E-state index in [-0.39, 0.29) is 11.3 Å². The molecule has 148 valence electrons. The summed E-state index contributed by atoms with van der Waals surface area (Å²) in [5.41, 5.74) is 1.07. The molecular formula is C23H14BrClN2O3. The first-order chi connectivity index (χ1) is 14.5. The first kappa shape index (κ1) is 21.3. The van der Waals surface area contributed by atoms with Crippen molar-refractivity contribution in [3.63, 3.8) is 0 Å². The number of anilines is 1. The third-order valence-electron chi connectivity index (χ3n) is 3.93. The zero-order valence-corrected chi connectivity index (χ0v) is 17.8. The smallest absolute Gasteiger partial charge is 0.343 e. The Bertz CT molecular complexity index is 1170. The van der Waals surface area contributed by atoms with Gasteiger partial charge in [0.05, 0.1) is 5.56 Å². The van der Waals surface area contributed by atoms with Crippen LogP contribution in [-0.2, 0) is 4.79 Å². The Labute approximate surface area is 186 Å². The highest BCUT2D eigenvalue weighted by atomic mass is 79.9. The summed E-state index contributed by atoms with van der Waals surface area (Å²) in [6.07, 6.45) is 1.36. The molecule has 3 aromatic rings. The van der Waals surface area contributed by atoms with Crippen LogP contribution < -0.4 is 10.1 Å². The van der Waals surface area contributed by atoms with Gasteiger partial charge in [-0.3, -0.25) is 4.79 Å². The van der Waals surface area contributed by atoms with Gasteiger partial charge >= 0.3 is 5.97 Å². The van der Waals surface area contributed by atoms with E-state index in [1.165, 1.54) is 6.08 Å². The summed E-state index contributed by atoms with van der Waals surface area (Å²) in [5, 5.41) is 12.6. The number of halogens is 2. The quantitative estimate of drug-likeness (QED) is 0.214. The molecule has 0 saturated carbocycles. The average molecular weight is 482 g/mol. The van der Waals surface area contributed by atoms with Crippen molar-refractivity contribution in [1.29, 1.82) is 5.26 Å². The molecule has 0 atom stereocenters. The summed E-state index contributed by atoms with van der Waals surface area (Å²) in [5.74, 6) is -0.940. The van der Waals surface area contributed by atoms with Crippen LogP contribution in [0.2, 0.25) is 5.02 Å². The van der Waals surface area contributed by atoms with Gasteiger partial charge < -0.3 is 10.1 Å². The van der Waals surface area contributed by atoms with E-state index in [0.717, 1.165) is 0 Å². The summed E-state index contributed by atoms with van der Waals surface area (Å²) in [7, 11) is 0. The molecule has 3 rings (SSSR count). The maximum Gasteiger partial charge on any atom is 0.343 e. The van der Waals surface area contributed by atoms with Gasteiger partial charge in [0.1, 0.15) is 17.4 Å². The van der Waals surface area contributed by atoms with Crippen molar-refractivity contribution in [2.24, 2.45) is 0 Å². The number of carbonyl (C=O) groups is 2. The molecular weight excluding hydrogens is 468 g/mol. The number of nitrogens with zero attached hydrogens (tertiary/aromatic N) is 1. The van der Waals surface area contributed by atoms with Crippen molar-refractivity contribution in [2.75, 3.05) is 5.32 Å². The molecule has 30 heavy (non-hydrogen) atoms. The summed E-state index contributed by atoms with van der Waals surface area (Å²) >= 11 is 9.27. The van der Waals surface area contributed by atoms with Crippen LogP contribution >= 0.6 is 27.5 Å². The summed E-state index contributed by atoms with van der Waals surface area (Å²) in [4.78, 5) is 24.9. The minimum Gasteiger partial charge on any atom is -0.422 e. The fourth-order valence-electron chi connectivity index (χ4n) is 2.53. The molecule has 3 aromatic carbocycles. The lowest BCUT2D eigenvalue weighted by molar-refractivity contribution is -0.112. The number of nitrogens with one attached hydrogen (secondary N) is 1. The Kier molecular flexibility index (Phi) is 7.02. The third-order valence-corrected chi connectivity index (χ3v) is 4.66. The van der Waals surface area contributed by atoms with E-state index in [0.29, 0.717) is 26.3 Å². The van der Waals surface area contributed by atoms with Crippen LogP contribution in [0.3, 0.4) is 0 Å². The zero-order chi connectivity index (χ0) is 21.5. The van der Waals surface area contributed by atoms with Crippen molar-refractivity contribution < 1.29 is 14.3 Å². The maximum absolute atomic E-state index is 12.5. The molecule has 0 aliphatic carbocycles. The highest BCUT2D eigenvalue weighted by Crippen LogP contribution is 2.27. The van der Waals surface area contributed by atoms with Crippen molar-refractivity contribution >= 4 is 51.2 Å². The van der Waals surface area contributed by atoms with Gasteiger partial charge in [0, 0.05) is 20.7 Å². The molecule has 0 radical (unpaired) electrons. The van der Waals surface area contributed by atoms with E-state index in [1.54, 1.807) is 72.8 Å². The Balaban J connectivity index is 1.88. The normalized spacial score (nSPS) is 10.8. The van der Waals surface area contributed by atoms with Crippen molar-refractivity contribution in [3.05, 3.63) is 99.0 Å². The Morgan fingerprint density at radius 1 is 1.03 bits per heavy atom. The predicted molar refractivity (Wildman–Crippen MR) is 119 cm³/mol. The minimum atomic E-state index is -0.611. The number of rotatable bonds is 5. The Morgan fingerprint density at radius 3 is 2.50 bits per heavy atom. The number of benzene rings is 3. The Morgan fingerprint density at radius 2 is 1.80 bits per heavy atom. The van der Waals surface area contributed by atoms with E-state index in [1.807, 2.05) is 6.07 Å². The average Bonchev–Trinajstić information content (AvgIpc) is 2.74. The van der Waals surface area contributed by atoms with Crippen LogP contribution in [0.5, 0.6) is 5.75 Å². The van der Waals surface area contributed by atoms with Crippen LogP contribution in [0, 0.1) is 11.3 Å². The number of nitriles is 1. The molecule has 5 nitrogen and oxygen atoms in total. The lowest BCUT2D eigenvalue weighted by Gasteiger charge is -2.09. The van der Waals surface area contributed by atoms with Gasteiger partial charge in [-0.25, -0.2) is 4.79 Å². The van der Waals surface area contributed by atoms with Crippen LogP contribution in [0.4, 0.5) is 5.69 Å². The fourth-order valence-corrected chi connectivity index (χ4v) is 3.10. The maximum atomic E-state index is 12.5. The van der Waals surface area contributed by atoms with E-state index in [2.05, 4.69) is 21.2 Å². The number of esters is 1. The lowest BCUT2D eigenvalue weighted by Crippen LogP contribution is -2.13. The van der Waals surface area contributed by atoms with Crippen molar-refractivity contribution in [2.45, 2.75) is 0 Å². The summed E-state index contributed by atoms with van der Waals surface area (Å²) in [6, 6.07) is 21.9. The number of hydrogen-bond acceptors (Lipinski definition) is 4. The van der Waals surface area contributed by atoms with E-state index < -0.39 is 11.9 Å². The second-order valence-corrected chi connectivity index (χ2v) is 7.42. The zero-order valence-electron chi connectivity index (χ0n) is 15.4. The van der Waals surface area contributed by atoms with Gasteiger partial charge in [-0.1, -0.05) is 51.8 Å². The van der Waals surface area contributed by atoms with Gasteiger partial charge in [-0.15, -0.1) is 0 Å². The van der Waals surface area contributed by atoms with Gasteiger partial charge in [0.2, 0.25) is 0 Å². The summed E-state index contributed by atoms with van der Waals surface area (Å²) in [6.45, 7) is 0. The van der Waals surface area contributed by atoms with E-state index >= 15 is 0 Å². The van der Waals surface area contributed by atoms with Gasteiger partial charge in [0.15, 0.2) is 0 Å². The van der Waals surface area contributed by atoms with Crippen molar-refractivity contribution in [3.8, 4) is 11.8 Å². The highest BCUT2D eigenvalue weighted by molar-refractivity contribution is 9.10. The van der Waals surface area contributed by atoms with Crippen LogP contribution in [0.15, 0.2) is 82.8 Å². The van der Waals surface area contributed by atoms with Gasteiger partial charge in [-0.05, 0) is 54.6 Å². The fraction of sp³-hybridized carbons (Fsp3) is 0.